The topological polar surface area (TPSA) is 106 Å². The Labute approximate surface area is 109 Å². The van der Waals surface area contributed by atoms with Crippen molar-refractivity contribution in [2.75, 3.05) is 17.7 Å². The zero-order valence-corrected chi connectivity index (χ0v) is 10.5. The van der Waals surface area contributed by atoms with Gasteiger partial charge < -0.3 is 15.1 Å². The number of nitro groups is 1. The molecular weight excluding hydrogens is 250 g/mol. The average molecular weight is 263 g/mol. The van der Waals surface area contributed by atoms with E-state index in [1.807, 2.05) is 13.0 Å². The molecule has 8 heteroatoms. The number of anilines is 2. The molecule has 0 aliphatic rings. The molecule has 2 rings (SSSR count). The zero-order chi connectivity index (χ0) is 13.8. The van der Waals surface area contributed by atoms with Crippen molar-refractivity contribution < 1.29 is 9.34 Å². The van der Waals surface area contributed by atoms with Gasteiger partial charge in [-0.05, 0) is 19.1 Å². The average Bonchev–Trinajstić information content (AvgIpc) is 2.81. The van der Waals surface area contributed by atoms with Crippen LogP contribution in [0, 0.1) is 17.0 Å². The molecule has 0 spiro atoms. The number of hydrogen-bond acceptors (Lipinski definition) is 7. The first kappa shape index (κ1) is 12.8. The van der Waals surface area contributed by atoms with Gasteiger partial charge >= 0.3 is 5.69 Å². The van der Waals surface area contributed by atoms with E-state index >= 15 is 0 Å². The Morgan fingerprint density at radius 3 is 2.68 bits per heavy atom. The summed E-state index contributed by atoms with van der Waals surface area (Å²) >= 11 is 0. The highest BCUT2D eigenvalue weighted by molar-refractivity contribution is 5.68. The Bertz CT molecular complexity index is 596. The summed E-state index contributed by atoms with van der Waals surface area (Å²) in [6, 6.07) is 3.62. The van der Waals surface area contributed by atoms with Crippen molar-refractivity contribution in [2.45, 2.75) is 13.5 Å². The molecule has 0 saturated carbocycles. The molecule has 0 aliphatic heterocycles. The van der Waals surface area contributed by atoms with E-state index in [1.165, 1.54) is 6.33 Å². The summed E-state index contributed by atoms with van der Waals surface area (Å²) in [5.41, 5.74) is -0.187. The summed E-state index contributed by atoms with van der Waals surface area (Å²) in [5, 5.41) is 16.6. The van der Waals surface area contributed by atoms with Crippen LogP contribution in [0.1, 0.15) is 11.5 Å². The lowest BCUT2D eigenvalue weighted by molar-refractivity contribution is -0.383. The lowest BCUT2D eigenvalue weighted by atomic mass is 10.4. The number of nitrogens with zero attached hydrogens (tertiary/aromatic N) is 3. The van der Waals surface area contributed by atoms with Crippen LogP contribution in [0.4, 0.5) is 17.3 Å². The van der Waals surface area contributed by atoms with Gasteiger partial charge in [-0.1, -0.05) is 0 Å². The van der Waals surface area contributed by atoms with Gasteiger partial charge in [0.05, 0.1) is 11.5 Å². The smallest absolute Gasteiger partial charge is 0.353 e. The van der Waals surface area contributed by atoms with Crippen LogP contribution in [0.5, 0.6) is 0 Å². The summed E-state index contributed by atoms with van der Waals surface area (Å²) in [5.74, 6) is 1.78. The monoisotopic (exact) mass is 263 g/mol. The first-order valence-electron chi connectivity index (χ1n) is 5.58. The highest BCUT2D eigenvalue weighted by atomic mass is 16.6. The normalized spacial score (nSPS) is 10.2. The van der Waals surface area contributed by atoms with Crippen LogP contribution >= 0.6 is 0 Å². The van der Waals surface area contributed by atoms with Gasteiger partial charge in [-0.25, -0.2) is 9.97 Å². The van der Waals surface area contributed by atoms with Crippen LogP contribution in [-0.2, 0) is 6.54 Å². The van der Waals surface area contributed by atoms with Gasteiger partial charge in [-0.15, -0.1) is 0 Å². The van der Waals surface area contributed by atoms with E-state index in [9.17, 15) is 10.1 Å². The number of nitrogens with one attached hydrogen (secondary N) is 2. The van der Waals surface area contributed by atoms with Crippen molar-refractivity contribution >= 4 is 17.3 Å². The maximum Gasteiger partial charge on any atom is 0.353 e. The van der Waals surface area contributed by atoms with E-state index in [1.54, 1.807) is 13.1 Å². The molecule has 0 amide bonds. The van der Waals surface area contributed by atoms with Gasteiger partial charge in [0.2, 0.25) is 11.6 Å². The summed E-state index contributed by atoms with van der Waals surface area (Å²) in [4.78, 5) is 18.2. The Balaban J connectivity index is 2.22. The third kappa shape index (κ3) is 2.79. The summed E-state index contributed by atoms with van der Waals surface area (Å²) in [7, 11) is 1.56. The van der Waals surface area contributed by atoms with Gasteiger partial charge in [0, 0.05) is 7.05 Å². The lowest BCUT2D eigenvalue weighted by Gasteiger charge is -2.06. The highest BCUT2D eigenvalue weighted by Crippen LogP contribution is 2.28. The van der Waals surface area contributed by atoms with Crippen LogP contribution in [-0.4, -0.2) is 21.9 Å². The molecule has 0 atom stereocenters. The number of hydrogen-bond donors (Lipinski definition) is 2. The van der Waals surface area contributed by atoms with Crippen LogP contribution in [0.15, 0.2) is 22.9 Å². The number of aryl methyl sites for hydroxylation is 1. The van der Waals surface area contributed by atoms with Gasteiger partial charge in [0.25, 0.3) is 0 Å². The van der Waals surface area contributed by atoms with Crippen molar-refractivity contribution in [1.82, 2.24) is 9.97 Å². The van der Waals surface area contributed by atoms with Gasteiger partial charge in [0.1, 0.15) is 17.8 Å². The molecule has 2 aromatic heterocycles. The first-order chi connectivity index (χ1) is 9.11. The molecule has 8 nitrogen and oxygen atoms in total. The van der Waals surface area contributed by atoms with Crippen LogP contribution in [0.25, 0.3) is 0 Å². The molecule has 2 heterocycles. The minimum Gasteiger partial charge on any atom is -0.465 e. The maximum atomic E-state index is 11.0. The molecular formula is C11H13N5O3. The Hall–Kier alpha value is -2.64. The van der Waals surface area contributed by atoms with Gasteiger partial charge in [-0.2, -0.15) is 0 Å². The maximum absolute atomic E-state index is 11.0. The molecule has 0 saturated heterocycles. The summed E-state index contributed by atoms with van der Waals surface area (Å²) in [6.07, 6.45) is 1.26. The minimum atomic E-state index is -0.526. The van der Waals surface area contributed by atoms with Crippen LogP contribution in [0.2, 0.25) is 0 Å². The third-order valence-corrected chi connectivity index (χ3v) is 2.47. The van der Waals surface area contributed by atoms with Crippen LogP contribution < -0.4 is 10.6 Å². The predicted octanol–water partition coefficient (Wildman–Crippen LogP) is 1.94. The predicted molar refractivity (Wildman–Crippen MR) is 69.0 cm³/mol. The van der Waals surface area contributed by atoms with E-state index in [0.717, 1.165) is 5.76 Å². The fraction of sp³-hybridized carbons (Fsp3) is 0.273. The van der Waals surface area contributed by atoms with E-state index in [4.69, 9.17) is 4.42 Å². The van der Waals surface area contributed by atoms with Gasteiger partial charge in [-0.3, -0.25) is 10.1 Å². The van der Waals surface area contributed by atoms with E-state index in [0.29, 0.717) is 12.3 Å². The zero-order valence-electron chi connectivity index (χ0n) is 10.5. The molecule has 0 unspecified atom stereocenters. The number of furan rings is 1. The lowest BCUT2D eigenvalue weighted by Crippen LogP contribution is -2.07. The molecule has 0 aliphatic carbocycles. The molecule has 2 N–H and O–H groups in total. The molecule has 0 fully saturated rings. The second-order valence-electron chi connectivity index (χ2n) is 3.79. The fourth-order valence-electron chi connectivity index (χ4n) is 1.61. The molecule has 0 bridgehead atoms. The number of aromatic nitrogens is 2. The molecule has 0 radical (unpaired) electrons. The van der Waals surface area contributed by atoms with E-state index in [-0.39, 0.29) is 17.3 Å². The summed E-state index contributed by atoms with van der Waals surface area (Å²) in [6.45, 7) is 2.14. The largest absolute Gasteiger partial charge is 0.465 e. The quantitative estimate of drug-likeness (QED) is 0.627. The Morgan fingerprint density at radius 2 is 2.11 bits per heavy atom. The molecule has 100 valence electrons. The Kier molecular flexibility index (Phi) is 3.60. The summed E-state index contributed by atoms with van der Waals surface area (Å²) < 4.78 is 5.37. The number of rotatable bonds is 5. The third-order valence-electron chi connectivity index (χ3n) is 2.47. The fourth-order valence-corrected chi connectivity index (χ4v) is 1.61. The second-order valence-corrected chi connectivity index (χ2v) is 3.79. The van der Waals surface area contributed by atoms with E-state index in [2.05, 4.69) is 20.6 Å². The SMILES string of the molecule is CNc1ncnc(NCc2ccc(C)o2)c1[N+](=O)[O-]. The van der Waals surface area contributed by atoms with E-state index < -0.39 is 4.92 Å². The second kappa shape index (κ2) is 5.34. The standard InChI is InChI=1S/C11H13N5O3/c1-7-3-4-8(19-7)5-13-11-9(16(17)18)10(12-2)14-6-15-11/h3-4,6H,5H2,1-2H3,(H2,12,13,14,15). The molecule has 19 heavy (non-hydrogen) atoms. The van der Waals surface area contributed by atoms with Gasteiger partial charge in [0.15, 0.2) is 0 Å². The van der Waals surface area contributed by atoms with Crippen molar-refractivity contribution in [3.8, 4) is 0 Å². The molecule has 0 aromatic carbocycles. The van der Waals surface area contributed by atoms with Crippen molar-refractivity contribution in [3.05, 3.63) is 40.1 Å². The van der Waals surface area contributed by atoms with Crippen molar-refractivity contribution in [2.24, 2.45) is 0 Å². The minimum absolute atomic E-state index is 0.151. The van der Waals surface area contributed by atoms with Crippen molar-refractivity contribution in [3.63, 3.8) is 0 Å². The first-order valence-corrected chi connectivity index (χ1v) is 5.58. The highest BCUT2D eigenvalue weighted by Gasteiger charge is 2.21. The Morgan fingerprint density at radius 1 is 1.37 bits per heavy atom. The van der Waals surface area contributed by atoms with Crippen molar-refractivity contribution in [1.29, 1.82) is 0 Å². The van der Waals surface area contributed by atoms with Crippen LogP contribution in [0.3, 0.4) is 0 Å². The molecule has 2 aromatic rings.